The minimum atomic E-state index is -4.58. The zero-order valence-corrected chi connectivity index (χ0v) is 43.0. The number of phosphoric acid groups is 1. The Kier molecular flexibility index (Phi) is 44.8. The molecule has 0 aliphatic heterocycles. The van der Waals surface area contributed by atoms with Crippen LogP contribution in [0.3, 0.4) is 0 Å². The lowest BCUT2D eigenvalue weighted by atomic mass is 10.0. The molecule has 1 amide bonds. The Morgan fingerprint density at radius 2 is 0.871 bits per heavy atom. The van der Waals surface area contributed by atoms with Crippen LogP contribution in [-0.4, -0.2) is 68.5 Å². The SMILES string of the molecule is CCCCCCCCC/C=C/C(O)C(COP(=O)([O-])OCC[N+](C)(C)C)NC(=O)CCCCCCCCCCCCCCCCCCCCCCCCCCCCCCCCC. The molecular formula is C53H107N2O6P. The van der Waals surface area contributed by atoms with E-state index < -0.39 is 20.0 Å². The van der Waals surface area contributed by atoms with E-state index in [1.165, 1.54) is 212 Å². The summed E-state index contributed by atoms with van der Waals surface area (Å²) < 4.78 is 23.2. The number of aliphatic hydroxyl groups is 1. The fraction of sp³-hybridized carbons (Fsp3) is 0.943. The average molecular weight is 899 g/mol. The second kappa shape index (κ2) is 45.4. The summed E-state index contributed by atoms with van der Waals surface area (Å²) >= 11 is 0. The van der Waals surface area contributed by atoms with Crippen molar-refractivity contribution in [1.82, 2.24) is 5.32 Å². The molecule has 0 bridgehead atoms. The van der Waals surface area contributed by atoms with Crippen molar-refractivity contribution in [3.8, 4) is 0 Å². The van der Waals surface area contributed by atoms with Crippen molar-refractivity contribution in [2.45, 2.75) is 283 Å². The topological polar surface area (TPSA) is 108 Å². The van der Waals surface area contributed by atoms with Gasteiger partial charge in [-0.15, -0.1) is 0 Å². The molecule has 0 aromatic heterocycles. The normalized spacial score (nSPS) is 14.1. The van der Waals surface area contributed by atoms with Gasteiger partial charge in [-0.1, -0.05) is 257 Å². The molecule has 0 aliphatic carbocycles. The van der Waals surface area contributed by atoms with Crippen LogP contribution in [-0.2, 0) is 18.4 Å². The third kappa shape index (κ3) is 47.2. The molecule has 0 saturated carbocycles. The van der Waals surface area contributed by atoms with E-state index >= 15 is 0 Å². The maximum atomic E-state index is 12.9. The van der Waals surface area contributed by atoms with Gasteiger partial charge in [0.1, 0.15) is 13.2 Å². The van der Waals surface area contributed by atoms with Crippen LogP contribution in [0.4, 0.5) is 0 Å². The number of aliphatic hydroxyl groups excluding tert-OH is 1. The number of allylic oxidation sites excluding steroid dienone is 1. The number of nitrogens with one attached hydrogen (secondary N) is 1. The molecule has 0 fully saturated rings. The molecule has 0 heterocycles. The van der Waals surface area contributed by atoms with E-state index in [9.17, 15) is 19.4 Å². The summed E-state index contributed by atoms with van der Waals surface area (Å²) in [5.74, 6) is -0.194. The maximum Gasteiger partial charge on any atom is 0.268 e. The van der Waals surface area contributed by atoms with E-state index in [2.05, 4.69) is 19.2 Å². The number of quaternary nitrogens is 1. The molecule has 3 unspecified atom stereocenters. The second-order valence-electron chi connectivity index (χ2n) is 19.9. The first-order valence-corrected chi connectivity index (χ1v) is 28.5. The number of rotatable bonds is 50. The largest absolute Gasteiger partial charge is 0.756 e. The van der Waals surface area contributed by atoms with Gasteiger partial charge in [0.05, 0.1) is 39.9 Å². The molecule has 9 heteroatoms. The Bertz CT molecular complexity index is 1020. The van der Waals surface area contributed by atoms with Crippen molar-refractivity contribution in [1.29, 1.82) is 0 Å². The lowest BCUT2D eigenvalue weighted by molar-refractivity contribution is -0.870. The van der Waals surface area contributed by atoms with Gasteiger partial charge >= 0.3 is 0 Å². The minimum absolute atomic E-state index is 0.00189. The quantitative estimate of drug-likeness (QED) is 0.0272. The second-order valence-corrected chi connectivity index (χ2v) is 21.4. The van der Waals surface area contributed by atoms with Crippen LogP contribution in [0.2, 0.25) is 0 Å². The number of hydrogen-bond acceptors (Lipinski definition) is 6. The Balaban J connectivity index is 3.91. The third-order valence-electron chi connectivity index (χ3n) is 12.5. The monoisotopic (exact) mass is 899 g/mol. The molecule has 0 aliphatic rings. The van der Waals surface area contributed by atoms with Gasteiger partial charge in [0.2, 0.25) is 5.91 Å². The predicted octanol–water partition coefficient (Wildman–Crippen LogP) is 15.2. The summed E-state index contributed by atoms with van der Waals surface area (Å²) in [6, 6.07) is -0.879. The van der Waals surface area contributed by atoms with Crippen molar-refractivity contribution in [2.75, 3.05) is 40.9 Å². The summed E-state index contributed by atoms with van der Waals surface area (Å²) in [7, 11) is 1.27. The van der Waals surface area contributed by atoms with Crippen molar-refractivity contribution < 1.29 is 32.9 Å². The van der Waals surface area contributed by atoms with Crippen molar-refractivity contribution in [2.24, 2.45) is 0 Å². The molecule has 0 saturated heterocycles. The fourth-order valence-electron chi connectivity index (χ4n) is 8.21. The summed E-state index contributed by atoms with van der Waals surface area (Å²) in [6.45, 7) is 4.64. The lowest BCUT2D eigenvalue weighted by Gasteiger charge is -2.29. The fourth-order valence-corrected chi connectivity index (χ4v) is 8.94. The van der Waals surface area contributed by atoms with Gasteiger partial charge in [-0.05, 0) is 19.3 Å². The molecule has 0 aromatic carbocycles. The Labute approximate surface area is 386 Å². The van der Waals surface area contributed by atoms with Gasteiger partial charge < -0.3 is 28.8 Å². The number of carbonyl (C=O) groups is 1. The van der Waals surface area contributed by atoms with Crippen molar-refractivity contribution in [3.05, 3.63) is 12.2 Å². The van der Waals surface area contributed by atoms with Gasteiger partial charge in [-0.25, -0.2) is 0 Å². The minimum Gasteiger partial charge on any atom is -0.756 e. The van der Waals surface area contributed by atoms with Crippen LogP contribution < -0.4 is 10.2 Å². The van der Waals surface area contributed by atoms with Gasteiger partial charge in [0.25, 0.3) is 7.82 Å². The Morgan fingerprint density at radius 1 is 0.548 bits per heavy atom. The van der Waals surface area contributed by atoms with E-state index in [0.717, 1.165) is 38.5 Å². The van der Waals surface area contributed by atoms with Crippen molar-refractivity contribution in [3.63, 3.8) is 0 Å². The molecule has 2 N–H and O–H groups in total. The number of unbranched alkanes of at least 4 members (excludes halogenated alkanes) is 37. The summed E-state index contributed by atoms with van der Waals surface area (Å²) in [6.07, 6.45) is 54.6. The first kappa shape index (κ1) is 61.2. The number of amides is 1. The molecule has 0 spiro atoms. The predicted molar refractivity (Wildman–Crippen MR) is 266 cm³/mol. The van der Waals surface area contributed by atoms with Crippen LogP contribution in [0, 0.1) is 0 Å². The zero-order valence-electron chi connectivity index (χ0n) is 42.1. The van der Waals surface area contributed by atoms with E-state index in [1.807, 2.05) is 27.2 Å². The summed E-state index contributed by atoms with van der Waals surface area (Å²) in [4.78, 5) is 25.3. The zero-order chi connectivity index (χ0) is 45.7. The number of carbonyl (C=O) groups excluding carboxylic acids is 1. The van der Waals surface area contributed by atoms with Gasteiger partial charge in [-0.3, -0.25) is 9.36 Å². The number of phosphoric ester groups is 1. The highest BCUT2D eigenvalue weighted by molar-refractivity contribution is 7.45. The number of likely N-dealkylation sites (N-methyl/N-ethyl adjacent to an activating group) is 1. The highest BCUT2D eigenvalue weighted by Gasteiger charge is 2.23. The van der Waals surface area contributed by atoms with Crippen LogP contribution in [0.15, 0.2) is 12.2 Å². The van der Waals surface area contributed by atoms with Crippen LogP contribution >= 0.6 is 7.82 Å². The molecule has 0 rings (SSSR count). The van der Waals surface area contributed by atoms with Gasteiger partial charge in [0.15, 0.2) is 0 Å². The standard InChI is InChI=1S/C53H107N2O6P/c1-6-8-10-12-14-16-17-18-19-20-21-22-23-24-25-26-27-28-29-30-31-32-33-34-35-36-37-39-41-43-45-47-53(57)54-51(50-61-62(58,59)60-49-48-55(3,4)5)52(56)46-44-42-40-38-15-13-11-9-7-2/h44,46,51-52,56H,6-43,45,47-50H2,1-5H3,(H-,54,57,58,59)/b46-44+. The lowest BCUT2D eigenvalue weighted by Crippen LogP contribution is -2.45. The third-order valence-corrected chi connectivity index (χ3v) is 13.5. The molecule has 8 nitrogen and oxygen atoms in total. The number of hydrogen-bond donors (Lipinski definition) is 2. The van der Waals surface area contributed by atoms with Crippen molar-refractivity contribution >= 4 is 13.7 Å². The van der Waals surface area contributed by atoms with E-state index in [0.29, 0.717) is 17.4 Å². The molecule has 3 atom stereocenters. The van der Waals surface area contributed by atoms with Gasteiger partial charge in [0, 0.05) is 6.42 Å². The molecular weight excluding hydrogens is 792 g/mol. The number of nitrogens with zero attached hydrogens (tertiary/aromatic N) is 1. The van der Waals surface area contributed by atoms with Crippen LogP contribution in [0.5, 0.6) is 0 Å². The maximum absolute atomic E-state index is 12.9. The summed E-state index contributed by atoms with van der Waals surface area (Å²) in [5.41, 5.74) is 0. The van der Waals surface area contributed by atoms with E-state index in [-0.39, 0.29) is 19.1 Å². The van der Waals surface area contributed by atoms with E-state index in [1.54, 1.807) is 6.08 Å². The van der Waals surface area contributed by atoms with Crippen LogP contribution in [0.1, 0.15) is 271 Å². The average Bonchev–Trinajstić information content (AvgIpc) is 3.23. The molecule has 62 heavy (non-hydrogen) atoms. The smallest absolute Gasteiger partial charge is 0.268 e. The van der Waals surface area contributed by atoms with E-state index in [4.69, 9.17) is 9.05 Å². The Hall–Kier alpha value is -0.760. The molecule has 370 valence electrons. The first-order valence-electron chi connectivity index (χ1n) is 27.1. The first-order chi connectivity index (χ1) is 30.0. The molecule has 0 radical (unpaired) electrons. The molecule has 0 aromatic rings. The van der Waals surface area contributed by atoms with Gasteiger partial charge in [-0.2, -0.15) is 0 Å². The van der Waals surface area contributed by atoms with Crippen LogP contribution in [0.25, 0.3) is 0 Å². The highest BCUT2D eigenvalue weighted by Crippen LogP contribution is 2.38. The Morgan fingerprint density at radius 3 is 1.21 bits per heavy atom. The highest BCUT2D eigenvalue weighted by atomic mass is 31.2. The summed E-state index contributed by atoms with van der Waals surface area (Å²) in [5, 5.41) is 13.7.